The highest BCUT2D eigenvalue weighted by Gasteiger charge is 2.26. The first kappa shape index (κ1) is 17.3. The number of primary amides is 1. The number of nitrogens with two attached hydrogens (primary N) is 1. The molecule has 116 valence electrons. The Morgan fingerprint density at radius 2 is 2.05 bits per heavy atom. The smallest absolute Gasteiger partial charge is 0.261 e. The summed E-state index contributed by atoms with van der Waals surface area (Å²) >= 11 is 5.85. The molecule has 3 atom stereocenters. The third-order valence-corrected chi connectivity index (χ3v) is 3.53. The van der Waals surface area contributed by atoms with Crippen molar-refractivity contribution in [2.45, 2.75) is 39.3 Å². The van der Waals surface area contributed by atoms with Crippen molar-refractivity contribution in [1.82, 2.24) is 5.32 Å². The number of nitrogens with one attached hydrogen (secondary N) is 1. The van der Waals surface area contributed by atoms with Crippen molar-refractivity contribution in [3.8, 4) is 5.75 Å². The number of benzene rings is 1. The number of carbonyl (C=O) groups is 2. The Kier molecular flexibility index (Phi) is 6.49. The Balaban J connectivity index is 2.67. The summed E-state index contributed by atoms with van der Waals surface area (Å²) in [5.74, 6) is -0.485. The van der Waals surface area contributed by atoms with Gasteiger partial charge >= 0.3 is 0 Å². The number of hydrogen-bond donors (Lipinski definition) is 2. The molecule has 0 bridgehead atoms. The zero-order valence-electron chi connectivity index (χ0n) is 12.4. The average Bonchev–Trinajstić information content (AvgIpc) is 2.43. The van der Waals surface area contributed by atoms with Gasteiger partial charge in [0, 0.05) is 5.02 Å². The fraction of sp³-hybridized carbons (Fsp3) is 0.467. The predicted octanol–water partition coefficient (Wildman–Crippen LogP) is 2.12. The first-order chi connectivity index (χ1) is 9.85. The van der Waals surface area contributed by atoms with Crippen LogP contribution in [0, 0.1) is 5.92 Å². The lowest BCUT2D eigenvalue weighted by atomic mass is 9.98. The zero-order valence-corrected chi connectivity index (χ0v) is 13.2. The Morgan fingerprint density at radius 3 is 2.57 bits per heavy atom. The van der Waals surface area contributed by atoms with Crippen molar-refractivity contribution in [3.63, 3.8) is 0 Å². The summed E-state index contributed by atoms with van der Waals surface area (Å²) in [7, 11) is 0. The van der Waals surface area contributed by atoms with E-state index in [2.05, 4.69) is 5.32 Å². The molecule has 2 amide bonds. The second kappa shape index (κ2) is 7.88. The van der Waals surface area contributed by atoms with E-state index in [4.69, 9.17) is 22.1 Å². The maximum Gasteiger partial charge on any atom is 0.261 e. The van der Waals surface area contributed by atoms with Crippen molar-refractivity contribution < 1.29 is 14.3 Å². The van der Waals surface area contributed by atoms with Gasteiger partial charge in [-0.1, -0.05) is 37.9 Å². The highest BCUT2D eigenvalue weighted by Crippen LogP contribution is 2.18. The molecule has 3 unspecified atom stereocenters. The largest absolute Gasteiger partial charge is 0.481 e. The summed E-state index contributed by atoms with van der Waals surface area (Å²) in [5, 5.41) is 3.15. The van der Waals surface area contributed by atoms with Gasteiger partial charge in [0.2, 0.25) is 5.91 Å². The van der Waals surface area contributed by atoms with Crippen molar-refractivity contribution in [3.05, 3.63) is 29.3 Å². The standard InChI is InChI=1S/C15H21ClN2O3/c1-4-9(2)13(14(17)19)18-15(20)10(3)21-12-7-5-6-11(16)8-12/h5-10,13H,4H2,1-3H3,(H2,17,19)(H,18,20). The number of rotatable bonds is 7. The predicted molar refractivity (Wildman–Crippen MR) is 82.1 cm³/mol. The molecule has 3 N–H and O–H groups in total. The van der Waals surface area contributed by atoms with Gasteiger partial charge < -0.3 is 15.8 Å². The average molecular weight is 313 g/mol. The van der Waals surface area contributed by atoms with Crippen LogP contribution in [0.25, 0.3) is 0 Å². The maximum atomic E-state index is 12.1. The normalized spacial score (nSPS) is 14.9. The van der Waals surface area contributed by atoms with Crippen LogP contribution in [0.4, 0.5) is 0 Å². The molecule has 1 rings (SSSR count). The van der Waals surface area contributed by atoms with E-state index in [-0.39, 0.29) is 11.8 Å². The Morgan fingerprint density at radius 1 is 1.38 bits per heavy atom. The van der Waals surface area contributed by atoms with Gasteiger partial charge in [0.05, 0.1) is 0 Å². The van der Waals surface area contributed by atoms with Crippen LogP contribution in [0.1, 0.15) is 27.2 Å². The number of amides is 2. The van der Waals surface area contributed by atoms with Gasteiger partial charge in [0.15, 0.2) is 6.10 Å². The molecule has 0 fully saturated rings. The summed E-state index contributed by atoms with van der Waals surface area (Å²) in [6.45, 7) is 5.39. The van der Waals surface area contributed by atoms with Gasteiger partial charge in [-0.25, -0.2) is 0 Å². The minimum absolute atomic E-state index is 0.0372. The van der Waals surface area contributed by atoms with Crippen molar-refractivity contribution >= 4 is 23.4 Å². The molecule has 0 aliphatic rings. The van der Waals surface area contributed by atoms with Crippen LogP contribution >= 0.6 is 11.6 Å². The van der Waals surface area contributed by atoms with Crippen LogP contribution in [0.15, 0.2) is 24.3 Å². The van der Waals surface area contributed by atoms with Crippen LogP contribution in [0.5, 0.6) is 5.75 Å². The van der Waals surface area contributed by atoms with E-state index in [1.54, 1.807) is 31.2 Å². The Bertz CT molecular complexity index is 507. The lowest BCUT2D eigenvalue weighted by molar-refractivity contribution is -0.132. The van der Waals surface area contributed by atoms with Gasteiger partial charge in [-0.3, -0.25) is 9.59 Å². The molecule has 0 heterocycles. The monoisotopic (exact) mass is 312 g/mol. The summed E-state index contributed by atoms with van der Waals surface area (Å²) in [4.78, 5) is 23.5. The van der Waals surface area contributed by atoms with Crippen LogP contribution in [-0.4, -0.2) is 24.0 Å². The Labute approximate surface area is 129 Å². The van der Waals surface area contributed by atoms with E-state index in [9.17, 15) is 9.59 Å². The van der Waals surface area contributed by atoms with Gasteiger partial charge in [0.1, 0.15) is 11.8 Å². The van der Waals surface area contributed by atoms with E-state index < -0.39 is 18.1 Å². The lowest BCUT2D eigenvalue weighted by Crippen LogP contribution is -2.51. The topological polar surface area (TPSA) is 81.4 Å². The number of hydrogen-bond acceptors (Lipinski definition) is 3. The zero-order chi connectivity index (χ0) is 16.0. The summed E-state index contributed by atoms with van der Waals surface area (Å²) in [6, 6.07) is 6.06. The maximum absolute atomic E-state index is 12.1. The van der Waals surface area contributed by atoms with Gasteiger partial charge in [-0.2, -0.15) is 0 Å². The number of carbonyl (C=O) groups excluding carboxylic acids is 2. The van der Waals surface area contributed by atoms with Crippen molar-refractivity contribution in [2.75, 3.05) is 0 Å². The molecule has 0 aromatic heterocycles. The molecule has 1 aromatic carbocycles. The first-order valence-corrected chi connectivity index (χ1v) is 7.24. The Hall–Kier alpha value is -1.75. The summed E-state index contributed by atoms with van der Waals surface area (Å²) in [6.07, 6.45) is -0.0217. The molecule has 6 heteroatoms. The fourth-order valence-corrected chi connectivity index (χ4v) is 1.98. The van der Waals surface area contributed by atoms with Crippen LogP contribution in [0.2, 0.25) is 5.02 Å². The number of ether oxygens (including phenoxy) is 1. The molecule has 0 spiro atoms. The van der Waals surface area contributed by atoms with E-state index in [1.807, 2.05) is 13.8 Å². The summed E-state index contributed by atoms with van der Waals surface area (Å²) < 4.78 is 5.50. The van der Waals surface area contributed by atoms with E-state index in [0.29, 0.717) is 10.8 Å². The fourth-order valence-electron chi connectivity index (χ4n) is 1.80. The highest BCUT2D eigenvalue weighted by molar-refractivity contribution is 6.30. The molecule has 0 radical (unpaired) electrons. The third kappa shape index (κ3) is 5.27. The summed E-state index contributed by atoms with van der Waals surface area (Å²) in [5.41, 5.74) is 5.32. The second-order valence-electron chi connectivity index (χ2n) is 4.99. The van der Waals surface area contributed by atoms with Crippen molar-refractivity contribution in [1.29, 1.82) is 0 Å². The van der Waals surface area contributed by atoms with Crippen LogP contribution in [-0.2, 0) is 9.59 Å². The highest BCUT2D eigenvalue weighted by atomic mass is 35.5. The van der Waals surface area contributed by atoms with Gasteiger partial charge in [0.25, 0.3) is 5.91 Å². The molecule has 5 nitrogen and oxygen atoms in total. The number of halogens is 1. The molecule has 0 aliphatic carbocycles. The SMILES string of the molecule is CCC(C)C(NC(=O)C(C)Oc1cccc(Cl)c1)C(N)=O. The minimum atomic E-state index is -0.755. The van der Waals surface area contributed by atoms with Gasteiger partial charge in [-0.05, 0) is 31.0 Å². The van der Waals surface area contributed by atoms with E-state index in [1.165, 1.54) is 0 Å². The molecular weight excluding hydrogens is 292 g/mol. The second-order valence-corrected chi connectivity index (χ2v) is 5.43. The molecule has 21 heavy (non-hydrogen) atoms. The molecule has 0 saturated heterocycles. The third-order valence-electron chi connectivity index (χ3n) is 3.30. The lowest BCUT2D eigenvalue weighted by Gasteiger charge is -2.23. The molecule has 0 aliphatic heterocycles. The van der Waals surface area contributed by atoms with Crippen LogP contribution < -0.4 is 15.8 Å². The van der Waals surface area contributed by atoms with E-state index in [0.717, 1.165) is 6.42 Å². The quantitative estimate of drug-likeness (QED) is 0.809. The molecule has 1 aromatic rings. The minimum Gasteiger partial charge on any atom is -0.481 e. The van der Waals surface area contributed by atoms with Crippen LogP contribution in [0.3, 0.4) is 0 Å². The molecular formula is C15H21ClN2O3. The molecule has 0 saturated carbocycles. The first-order valence-electron chi connectivity index (χ1n) is 6.87. The van der Waals surface area contributed by atoms with E-state index >= 15 is 0 Å². The van der Waals surface area contributed by atoms with Gasteiger partial charge in [-0.15, -0.1) is 0 Å². The van der Waals surface area contributed by atoms with Crippen molar-refractivity contribution in [2.24, 2.45) is 11.7 Å².